The zero-order valence-electron chi connectivity index (χ0n) is 9.72. The summed E-state index contributed by atoms with van der Waals surface area (Å²) in [6, 6.07) is 4.14. The van der Waals surface area contributed by atoms with E-state index < -0.39 is 11.9 Å². The predicted molar refractivity (Wildman–Crippen MR) is 64.5 cm³/mol. The number of nitrogens with two attached hydrogens (primary N) is 1. The molecular formula is C11H12FN5O. The molecule has 0 aliphatic heterocycles. The molecule has 0 bridgehead atoms. The van der Waals surface area contributed by atoms with Crippen LogP contribution in [0.1, 0.15) is 17.4 Å². The minimum absolute atomic E-state index is 0.128. The Labute approximate surface area is 103 Å². The van der Waals surface area contributed by atoms with Gasteiger partial charge < -0.3 is 11.1 Å². The molecular weight excluding hydrogens is 237 g/mol. The normalized spacial score (nSPS) is 10.3. The van der Waals surface area contributed by atoms with Gasteiger partial charge in [0.15, 0.2) is 0 Å². The van der Waals surface area contributed by atoms with Crippen molar-refractivity contribution in [2.45, 2.75) is 13.5 Å². The minimum atomic E-state index is -0.662. The van der Waals surface area contributed by atoms with Gasteiger partial charge in [-0.05, 0) is 19.1 Å². The molecule has 6 nitrogen and oxygen atoms in total. The number of anilines is 2. The van der Waals surface area contributed by atoms with Gasteiger partial charge in [-0.1, -0.05) is 6.07 Å². The van der Waals surface area contributed by atoms with E-state index in [9.17, 15) is 9.18 Å². The van der Waals surface area contributed by atoms with Crippen molar-refractivity contribution in [3.63, 3.8) is 0 Å². The minimum Gasteiger partial charge on any atom is -0.396 e. The molecule has 1 amide bonds. The highest BCUT2D eigenvalue weighted by atomic mass is 19.1. The number of pyridine rings is 1. The van der Waals surface area contributed by atoms with Gasteiger partial charge in [0, 0.05) is 6.54 Å². The molecule has 0 spiro atoms. The van der Waals surface area contributed by atoms with Gasteiger partial charge in [-0.25, -0.2) is 4.98 Å². The molecule has 2 aromatic heterocycles. The standard InChI is InChI=1S/C11H12FN5O/c1-2-17-10(7(13)6-14-17)11(18)16-9-5-3-4-8(12)15-9/h3-6H,2,13H2,1H3,(H,15,16,18). The van der Waals surface area contributed by atoms with E-state index in [0.29, 0.717) is 6.54 Å². The molecule has 0 aromatic carbocycles. The number of nitrogens with one attached hydrogen (secondary N) is 1. The SMILES string of the molecule is CCn1ncc(N)c1C(=O)Nc1cccc(F)n1. The van der Waals surface area contributed by atoms with Gasteiger partial charge in [0.1, 0.15) is 11.5 Å². The summed E-state index contributed by atoms with van der Waals surface area (Å²) in [5.41, 5.74) is 6.17. The highest BCUT2D eigenvalue weighted by molar-refractivity contribution is 6.05. The topological polar surface area (TPSA) is 85.8 Å². The zero-order chi connectivity index (χ0) is 13.1. The number of rotatable bonds is 3. The monoisotopic (exact) mass is 249 g/mol. The van der Waals surface area contributed by atoms with Gasteiger partial charge >= 0.3 is 0 Å². The van der Waals surface area contributed by atoms with Crippen molar-refractivity contribution in [1.82, 2.24) is 14.8 Å². The average molecular weight is 249 g/mol. The Morgan fingerprint density at radius 1 is 1.56 bits per heavy atom. The van der Waals surface area contributed by atoms with Crippen LogP contribution in [0.4, 0.5) is 15.9 Å². The van der Waals surface area contributed by atoms with Crippen LogP contribution in [-0.2, 0) is 6.54 Å². The predicted octanol–water partition coefficient (Wildman–Crippen LogP) is 1.27. The van der Waals surface area contributed by atoms with Crippen LogP contribution < -0.4 is 11.1 Å². The third-order valence-corrected chi connectivity index (χ3v) is 2.34. The van der Waals surface area contributed by atoms with E-state index >= 15 is 0 Å². The quantitative estimate of drug-likeness (QED) is 0.802. The number of amides is 1. The van der Waals surface area contributed by atoms with Gasteiger partial charge in [0.25, 0.3) is 5.91 Å². The summed E-state index contributed by atoms with van der Waals surface area (Å²) < 4.78 is 14.3. The summed E-state index contributed by atoms with van der Waals surface area (Å²) in [5, 5.41) is 6.42. The molecule has 0 saturated carbocycles. The molecule has 0 radical (unpaired) electrons. The summed E-state index contributed by atoms with van der Waals surface area (Å²) >= 11 is 0. The number of carbonyl (C=O) groups is 1. The average Bonchev–Trinajstić information content (AvgIpc) is 2.70. The van der Waals surface area contributed by atoms with Crippen LogP contribution in [0.5, 0.6) is 0 Å². The molecule has 2 aromatic rings. The van der Waals surface area contributed by atoms with Crippen molar-refractivity contribution in [2.24, 2.45) is 0 Å². The second-order valence-electron chi connectivity index (χ2n) is 3.56. The van der Waals surface area contributed by atoms with Gasteiger partial charge in [0.2, 0.25) is 5.95 Å². The summed E-state index contributed by atoms with van der Waals surface area (Å²) in [7, 11) is 0. The van der Waals surface area contributed by atoms with E-state index in [4.69, 9.17) is 5.73 Å². The molecule has 0 saturated heterocycles. The second kappa shape index (κ2) is 4.82. The lowest BCUT2D eigenvalue weighted by Crippen LogP contribution is -2.19. The third kappa shape index (κ3) is 2.29. The maximum Gasteiger partial charge on any atom is 0.277 e. The van der Waals surface area contributed by atoms with Gasteiger partial charge in [-0.15, -0.1) is 0 Å². The maximum atomic E-state index is 12.9. The summed E-state index contributed by atoms with van der Waals surface area (Å²) in [6.07, 6.45) is 1.40. The van der Waals surface area contributed by atoms with Crippen molar-refractivity contribution in [3.05, 3.63) is 36.0 Å². The van der Waals surface area contributed by atoms with E-state index in [1.54, 1.807) is 0 Å². The molecule has 7 heteroatoms. The molecule has 18 heavy (non-hydrogen) atoms. The highest BCUT2D eigenvalue weighted by Crippen LogP contribution is 2.13. The fourth-order valence-corrected chi connectivity index (χ4v) is 1.54. The van der Waals surface area contributed by atoms with Gasteiger partial charge in [0.05, 0.1) is 11.9 Å². The summed E-state index contributed by atoms with van der Waals surface area (Å²) in [5.74, 6) is -1.00. The summed E-state index contributed by atoms with van der Waals surface area (Å²) in [6.45, 7) is 2.35. The van der Waals surface area contributed by atoms with E-state index in [1.807, 2.05) is 6.92 Å². The Hall–Kier alpha value is -2.44. The Morgan fingerprint density at radius 2 is 2.33 bits per heavy atom. The first-order valence-corrected chi connectivity index (χ1v) is 5.37. The van der Waals surface area contributed by atoms with Crippen LogP contribution in [0.3, 0.4) is 0 Å². The second-order valence-corrected chi connectivity index (χ2v) is 3.56. The van der Waals surface area contributed by atoms with E-state index in [0.717, 1.165) is 0 Å². The third-order valence-electron chi connectivity index (χ3n) is 2.34. The first-order chi connectivity index (χ1) is 8.61. The Balaban J connectivity index is 2.24. The molecule has 0 fully saturated rings. The molecule has 3 N–H and O–H groups in total. The Morgan fingerprint density at radius 3 is 3.00 bits per heavy atom. The number of hydrogen-bond donors (Lipinski definition) is 2. The lowest BCUT2D eigenvalue weighted by atomic mass is 10.3. The number of nitrogen functional groups attached to an aromatic ring is 1. The Kier molecular flexibility index (Phi) is 3.22. The van der Waals surface area contributed by atoms with Crippen LogP contribution in [0, 0.1) is 5.95 Å². The number of aryl methyl sites for hydroxylation is 1. The Bertz CT molecular complexity index is 581. The first-order valence-electron chi connectivity index (χ1n) is 5.37. The van der Waals surface area contributed by atoms with Crippen molar-refractivity contribution in [2.75, 3.05) is 11.1 Å². The fraction of sp³-hybridized carbons (Fsp3) is 0.182. The number of carbonyl (C=O) groups excluding carboxylic acids is 1. The van der Waals surface area contributed by atoms with Crippen molar-refractivity contribution in [1.29, 1.82) is 0 Å². The molecule has 0 atom stereocenters. The van der Waals surface area contributed by atoms with Crippen molar-refractivity contribution >= 4 is 17.4 Å². The molecule has 0 aliphatic carbocycles. The number of halogens is 1. The van der Waals surface area contributed by atoms with Crippen molar-refractivity contribution in [3.8, 4) is 0 Å². The smallest absolute Gasteiger partial charge is 0.277 e. The molecule has 0 unspecified atom stereocenters. The number of hydrogen-bond acceptors (Lipinski definition) is 4. The maximum absolute atomic E-state index is 12.9. The van der Waals surface area contributed by atoms with E-state index in [2.05, 4.69) is 15.4 Å². The van der Waals surface area contributed by atoms with Crippen molar-refractivity contribution < 1.29 is 9.18 Å². The number of aromatic nitrogens is 3. The van der Waals surface area contributed by atoms with Crippen LogP contribution >= 0.6 is 0 Å². The fourth-order valence-electron chi connectivity index (χ4n) is 1.54. The highest BCUT2D eigenvalue weighted by Gasteiger charge is 2.16. The molecule has 2 rings (SSSR count). The van der Waals surface area contributed by atoms with Gasteiger partial charge in [-0.3, -0.25) is 9.48 Å². The first kappa shape index (κ1) is 12.0. The van der Waals surface area contributed by atoms with Gasteiger partial charge in [-0.2, -0.15) is 9.49 Å². The summed E-state index contributed by atoms with van der Waals surface area (Å²) in [4.78, 5) is 15.5. The number of nitrogens with zero attached hydrogens (tertiary/aromatic N) is 3. The largest absolute Gasteiger partial charge is 0.396 e. The van der Waals surface area contributed by atoms with Crippen LogP contribution in [0.25, 0.3) is 0 Å². The lowest BCUT2D eigenvalue weighted by Gasteiger charge is -2.06. The molecule has 0 aliphatic rings. The van der Waals surface area contributed by atoms with E-state index in [1.165, 1.54) is 29.1 Å². The molecule has 94 valence electrons. The van der Waals surface area contributed by atoms with E-state index in [-0.39, 0.29) is 17.2 Å². The molecule has 2 heterocycles. The lowest BCUT2D eigenvalue weighted by molar-refractivity contribution is 0.101. The van der Waals surface area contributed by atoms with Crippen LogP contribution in [0.15, 0.2) is 24.4 Å². The van der Waals surface area contributed by atoms with Crippen LogP contribution in [0.2, 0.25) is 0 Å². The zero-order valence-corrected chi connectivity index (χ0v) is 9.72. The van der Waals surface area contributed by atoms with Crippen LogP contribution in [-0.4, -0.2) is 20.7 Å².